The van der Waals surface area contributed by atoms with Crippen LogP contribution >= 0.6 is 23.2 Å². The van der Waals surface area contributed by atoms with Crippen LogP contribution in [-0.2, 0) is 16.1 Å². The summed E-state index contributed by atoms with van der Waals surface area (Å²) in [5.74, 6) is 4.75. The van der Waals surface area contributed by atoms with Crippen molar-refractivity contribution in [1.82, 2.24) is 10.3 Å². The van der Waals surface area contributed by atoms with Crippen LogP contribution in [0.5, 0.6) is 17.2 Å². The molecule has 2 unspecified atom stereocenters. The highest BCUT2D eigenvalue weighted by atomic mass is 35.5. The zero-order valence-corrected chi connectivity index (χ0v) is 19.6. The van der Waals surface area contributed by atoms with E-state index >= 15 is 0 Å². The van der Waals surface area contributed by atoms with Crippen molar-refractivity contribution < 1.29 is 28.1 Å². The van der Waals surface area contributed by atoms with Gasteiger partial charge in [-0.3, -0.25) is 4.79 Å². The zero-order valence-electron chi connectivity index (χ0n) is 18.1. The Bertz CT molecular complexity index is 1060. The lowest BCUT2D eigenvalue weighted by Crippen LogP contribution is -2.45. The van der Waals surface area contributed by atoms with Gasteiger partial charge in [0, 0.05) is 17.7 Å². The van der Waals surface area contributed by atoms with E-state index in [-0.39, 0.29) is 53.5 Å². The summed E-state index contributed by atoms with van der Waals surface area (Å²) < 4.78 is 36.2. The number of carbonyl (C=O) groups is 1. The predicted octanol–water partition coefficient (Wildman–Crippen LogP) is 3.44. The van der Waals surface area contributed by atoms with E-state index in [0.29, 0.717) is 17.1 Å². The lowest BCUT2D eigenvalue weighted by molar-refractivity contribution is -0.116. The number of hydrogen-bond acceptors (Lipinski definition) is 7. The van der Waals surface area contributed by atoms with Gasteiger partial charge in [0.2, 0.25) is 0 Å². The molecule has 1 aromatic carbocycles. The highest BCUT2D eigenvalue weighted by molar-refractivity contribution is 6.37. The first-order chi connectivity index (χ1) is 15.9. The largest absolute Gasteiger partial charge is 0.495 e. The van der Waals surface area contributed by atoms with Crippen LogP contribution in [0.3, 0.4) is 0 Å². The number of nitrogens with zero attached hydrogens (tertiary/aromatic N) is 1. The van der Waals surface area contributed by atoms with E-state index in [0.717, 1.165) is 0 Å². The number of nitrogens with one attached hydrogen (secondary N) is 2. The zero-order chi connectivity index (χ0) is 24.0. The summed E-state index contributed by atoms with van der Waals surface area (Å²) in [6, 6.07) is 2.00. The maximum atomic E-state index is 14.7. The third-order valence-corrected chi connectivity index (χ3v) is 5.65. The van der Waals surface area contributed by atoms with Crippen LogP contribution in [-0.4, -0.2) is 50.4 Å². The van der Waals surface area contributed by atoms with Gasteiger partial charge in [-0.25, -0.2) is 9.37 Å². The Morgan fingerprint density at radius 1 is 1.21 bits per heavy atom. The minimum absolute atomic E-state index is 0.00205. The van der Waals surface area contributed by atoms with Crippen LogP contribution in [0.2, 0.25) is 10.0 Å². The topological polar surface area (TPSA) is 90.9 Å². The van der Waals surface area contributed by atoms with Gasteiger partial charge >= 0.3 is 0 Å². The molecule has 0 aliphatic carbocycles. The van der Waals surface area contributed by atoms with Crippen molar-refractivity contribution in [2.24, 2.45) is 0 Å². The quantitative estimate of drug-likeness (QED) is 0.539. The standard InChI is InChI=1S/C22H22Cl2FN3O5/c1-4-5-19(29)27-15-10-32-11-16(15)28-22-14(25)6-12(8-26-22)33-9-13-20(23)17(30-2)7-18(31-3)21(13)24/h6-8,15-16H,9-11H2,1-3H3,(H,26,28)(H,27,29). The molecule has 1 amide bonds. The first-order valence-corrected chi connectivity index (χ1v) is 10.6. The first-order valence-electron chi connectivity index (χ1n) is 9.82. The average Bonchev–Trinajstić information content (AvgIpc) is 3.22. The molecule has 2 aromatic rings. The van der Waals surface area contributed by atoms with Crippen molar-refractivity contribution in [3.63, 3.8) is 0 Å². The third kappa shape index (κ3) is 5.90. The van der Waals surface area contributed by atoms with Gasteiger partial charge in [0.1, 0.15) is 23.9 Å². The van der Waals surface area contributed by atoms with E-state index < -0.39 is 11.7 Å². The van der Waals surface area contributed by atoms with E-state index in [1.165, 1.54) is 26.5 Å². The molecule has 2 heterocycles. The maximum Gasteiger partial charge on any atom is 0.296 e. The summed E-state index contributed by atoms with van der Waals surface area (Å²) in [5.41, 5.74) is 0.425. The van der Waals surface area contributed by atoms with Crippen molar-refractivity contribution in [3.05, 3.63) is 39.8 Å². The molecule has 1 aromatic heterocycles. The molecule has 0 spiro atoms. The molecule has 2 atom stereocenters. The van der Waals surface area contributed by atoms with Crippen LogP contribution in [0, 0.1) is 17.7 Å². The van der Waals surface area contributed by atoms with Gasteiger partial charge < -0.3 is 29.6 Å². The summed E-state index contributed by atoms with van der Waals surface area (Å²) in [6.45, 7) is 2.06. The molecule has 2 N–H and O–H groups in total. The predicted molar refractivity (Wildman–Crippen MR) is 122 cm³/mol. The van der Waals surface area contributed by atoms with Crippen LogP contribution in [0.4, 0.5) is 10.2 Å². The van der Waals surface area contributed by atoms with Crippen molar-refractivity contribution in [1.29, 1.82) is 0 Å². The Balaban J connectivity index is 1.69. The Morgan fingerprint density at radius 2 is 1.88 bits per heavy atom. The fourth-order valence-corrected chi connectivity index (χ4v) is 3.77. The number of hydrogen-bond donors (Lipinski definition) is 2. The number of methoxy groups -OCH3 is 2. The Kier molecular flexibility index (Phi) is 8.44. The van der Waals surface area contributed by atoms with Gasteiger partial charge in [0.15, 0.2) is 11.6 Å². The molecule has 1 saturated heterocycles. The molecule has 11 heteroatoms. The van der Waals surface area contributed by atoms with Crippen LogP contribution < -0.4 is 24.8 Å². The van der Waals surface area contributed by atoms with Gasteiger partial charge in [-0.15, -0.1) is 0 Å². The van der Waals surface area contributed by atoms with Crippen molar-refractivity contribution in [2.75, 3.05) is 32.8 Å². The van der Waals surface area contributed by atoms with E-state index in [9.17, 15) is 9.18 Å². The van der Waals surface area contributed by atoms with E-state index in [1.54, 1.807) is 13.0 Å². The molecule has 3 rings (SSSR count). The second-order valence-electron chi connectivity index (χ2n) is 6.92. The molecular formula is C22H22Cl2FN3O5. The number of ether oxygens (including phenoxy) is 4. The average molecular weight is 498 g/mol. The molecule has 33 heavy (non-hydrogen) atoms. The summed E-state index contributed by atoms with van der Waals surface area (Å²) in [7, 11) is 2.93. The monoisotopic (exact) mass is 497 g/mol. The SMILES string of the molecule is CC#CC(=O)NC1COCC1Nc1ncc(OCc2c(Cl)c(OC)cc(OC)c2Cl)cc1F. The molecule has 176 valence electrons. The number of pyridine rings is 1. The highest BCUT2D eigenvalue weighted by Crippen LogP contribution is 2.40. The van der Waals surface area contributed by atoms with Gasteiger partial charge in [-0.2, -0.15) is 0 Å². The number of aromatic nitrogens is 1. The summed E-state index contributed by atoms with van der Waals surface area (Å²) in [5, 5.41) is 6.20. The Hall–Kier alpha value is -2.93. The number of amides is 1. The number of rotatable bonds is 8. The molecule has 0 bridgehead atoms. The molecule has 1 aliphatic heterocycles. The number of carbonyl (C=O) groups excluding carboxylic acids is 1. The normalized spacial score (nSPS) is 17.0. The molecule has 1 fully saturated rings. The first kappa shape index (κ1) is 24.7. The number of benzene rings is 1. The van der Waals surface area contributed by atoms with E-state index in [1.807, 2.05) is 0 Å². The van der Waals surface area contributed by atoms with Gasteiger partial charge in [-0.05, 0) is 12.8 Å². The lowest BCUT2D eigenvalue weighted by Gasteiger charge is -2.20. The molecule has 1 aliphatic rings. The lowest BCUT2D eigenvalue weighted by atomic mass is 10.1. The smallest absolute Gasteiger partial charge is 0.296 e. The summed E-state index contributed by atoms with van der Waals surface area (Å²) in [6.07, 6.45) is 1.36. The van der Waals surface area contributed by atoms with Crippen LogP contribution in [0.15, 0.2) is 18.3 Å². The highest BCUT2D eigenvalue weighted by Gasteiger charge is 2.30. The van der Waals surface area contributed by atoms with Crippen LogP contribution in [0.1, 0.15) is 12.5 Å². The summed E-state index contributed by atoms with van der Waals surface area (Å²) >= 11 is 12.7. The second kappa shape index (κ2) is 11.3. The van der Waals surface area contributed by atoms with Crippen molar-refractivity contribution >= 4 is 34.9 Å². The fraction of sp³-hybridized carbons (Fsp3) is 0.364. The minimum Gasteiger partial charge on any atom is -0.495 e. The molecular weight excluding hydrogens is 476 g/mol. The fourth-order valence-electron chi connectivity index (χ4n) is 3.16. The van der Waals surface area contributed by atoms with E-state index in [2.05, 4.69) is 27.5 Å². The Labute approximate surface area is 200 Å². The molecule has 0 saturated carbocycles. The van der Waals surface area contributed by atoms with Gasteiger partial charge in [-0.1, -0.05) is 29.1 Å². The number of halogens is 3. The van der Waals surface area contributed by atoms with Gasteiger partial charge in [0.05, 0.1) is 55.8 Å². The van der Waals surface area contributed by atoms with Gasteiger partial charge in [0.25, 0.3) is 5.91 Å². The molecule has 8 nitrogen and oxygen atoms in total. The van der Waals surface area contributed by atoms with Crippen molar-refractivity contribution in [2.45, 2.75) is 25.6 Å². The Morgan fingerprint density at radius 3 is 2.48 bits per heavy atom. The maximum absolute atomic E-state index is 14.7. The minimum atomic E-state index is -0.641. The van der Waals surface area contributed by atoms with E-state index in [4.69, 9.17) is 42.1 Å². The number of anilines is 1. The van der Waals surface area contributed by atoms with Crippen molar-refractivity contribution in [3.8, 4) is 29.1 Å². The second-order valence-corrected chi connectivity index (χ2v) is 7.68. The van der Waals surface area contributed by atoms with Crippen LogP contribution in [0.25, 0.3) is 0 Å². The molecule has 0 radical (unpaired) electrons. The summed E-state index contributed by atoms with van der Waals surface area (Å²) in [4.78, 5) is 15.8. The third-order valence-electron chi connectivity index (χ3n) is 4.82.